The van der Waals surface area contributed by atoms with Crippen LogP contribution in [0.25, 0.3) is 121 Å². The van der Waals surface area contributed by atoms with Crippen LogP contribution in [0, 0.1) is 0 Å². The van der Waals surface area contributed by atoms with Gasteiger partial charge in [0, 0.05) is 53.9 Å². The Morgan fingerprint density at radius 3 is 1.82 bits per heavy atom. The Bertz CT molecular complexity index is 3480. The molecule has 0 atom stereocenters. The zero-order valence-electron chi connectivity index (χ0n) is 30.0. The first kappa shape index (κ1) is 31.8. The third-order valence-electron chi connectivity index (χ3n) is 10.6. The molecule has 7 nitrogen and oxygen atoms in total. The van der Waals surface area contributed by atoms with Crippen molar-refractivity contribution in [3.05, 3.63) is 164 Å². The predicted molar refractivity (Wildman–Crippen MR) is 230 cm³/mol. The van der Waals surface area contributed by atoms with Crippen LogP contribution < -0.4 is 0 Å². The fraction of sp³-hybridized carbons (Fsp3) is 0. The van der Waals surface area contributed by atoms with E-state index in [2.05, 4.69) is 66.7 Å². The van der Waals surface area contributed by atoms with Crippen molar-refractivity contribution in [1.29, 1.82) is 0 Å². The van der Waals surface area contributed by atoms with Crippen molar-refractivity contribution in [3.63, 3.8) is 0 Å². The van der Waals surface area contributed by atoms with Gasteiger partial charge in [0.25, 0.3) is 0 Å². The third-order valence-corrected chi connectivity index (χ3v) is 11.7. The average Bonchev–Trinajstić information content (AvgIpc) is 3.97. The summed E-state index contributed by atoms with van der Waals surface area (Å²) in [5.41, 5.74) is 9.32. The maximum Gasteiger partial charge on any atom is 0.164 e. The van der Waals surface area contributed by atoms with Crippen LogP contribution in [0.15, 0.2) is 173 Å². The summed E-state index contributed by atoms with van der Waals surface area (Å²) in [6.07, 6.45) is 0. The van der Waals surface area contributed by atoms with Gasteiger partial charge in [-0.25, -0.2) is 24.9 Å². The van der Waals surface area contributed by atoms with Crippen molar-refractivity contribution in [1.82, 2.24) is 24.9 Å². The van der Waals surface area contributed by atoms with Crippen LogP contribution in [0.4, 0.5) is 0 Å². The minimum Gasteiger partial charge on any atom is -0.456 e. The summed E-state index contributed by atoms with van der Waals surface area (Å²) in [5, 5.41) is 5.09. The molecule has 57 heavy (non-hydrogen) atoms. The van der Waals surface area contributed by atoms with Crippen molar-refractivity contribution in [2.45, 2.75) is 0 Å². The predicted octanol–water partition coefficient (Wildman–Crippen LogP) is 13.2. The van der Waals surface area contributed by atoms with E-state index in [-0.39, 0.29) is 0 Å². The lowest BCUT2D eigenvalue weighted by Crippen LogP contribution is -2.00. The molecule has 266 valence electrons. The van der Waals surface area contributed by atoms with E-state index < -0.39 is 0 Å². The van der Waals surface area contributed by atoms with E-state index >= 15 is 0 Å². The van der Waals surface area contributed by atoms with E-state index in [1.807, 2.05) is 97.1 Å². The second-order valence-corrected chi connectivity index (χ2v) is 15.0. The molecule has 0 fully saturated rings. The normalized spacial score (nSPS) is 11.9. The van der Waals surface area contributed by atoms with Crippen molar-refractivity contribution in [2.75, 3.05) is 0 Å². The highest BCUT2D eigenvalue weighted by molar-refractivity contribution is 7.26. The number of nitrogens with zero attached hydrogens (tertiary/aromatic N) is 5. The lowest BCUT2D eigenvalue weighted by Gasteiger charge is -2.09. The van der Waals surface area contributed by atoms with Gasteiger partial charge in [-0.1, -0.05) is 127 Å². The van der Waals surface area contributed by atoms with Crippen molar-refractivity contribution >= 4 is 75.5 Å². The fourth-order valence-corrected chi connectivity index (χ4v) is 9.07. The molecular formula is C49H27N5O2S. The molecule has 0 bridgehead atoms. The summed E-state index contributed by atoms with van der Waals surface area (Å²) >= 11 is 1.70. The van der Waals surface area contributed by atoms with Crippen LogP contribution in [0.1, 0.15) is 0 Å². The first-order chi connectivity index (χ1) is 28.2. The van der Waals surface area contributed by atoms with Crippen molar-refractivity contribution < 1.29 is 8.83 Å². The fourth-order valence-electron chi connectivity index (χ4n) is 7.92. The number of hydrogen-bond donors (Lipinski definition) is 0. The number of hydrogen-bond acceptors (Lipinski definition) is 8. The molecular weight excluding hydrogens is 723 g/mol. The standard InChI is InChI=1S/C49H27N5O2S/c1-3-13-28(14-4-1)46-52-47(29-15-5-2-6-16-29)54-48(53-46)35-20-12-23-38-41(35)33-26-25-30(27-39(33)55-38)42-45-43(34-18-8-10-24-40(34)57-45)51-49(50-42)36-21-11-19-32-31-17-7-9-22-37(31)56-44(32)36/h1-27H. The number of aromatic nitrogens is 5. The molecule has 0 saturated heterocycles. The number of benzene rings is 7. The molecule has 0 spiro atoms. The van der Waals surface area contributed by atoms with E-state index in [1.54, 1.807) is 11.3 Å². The highest BCUT2D eigenvalue weighted by Crippen LogP contribution is 2.43. The second kappa shape index (κ2) is 12.5. The molecule has 0 aliphatic rings. The Morgan fingerprint density at radius 1 is 0.386 bits per heavy atom. The summed E-state index contributed by atoms with van der Waals surface area (Å²) in [6, 6.07) is 55.1. The van der Waals surface area contributed by atoms with Crippen LogP contribution in [0.2, 0.25) is 0 Å². The van der Waals surface area contributed by atoms with Crippen LogP contribution in [-0.2, 0) is 0 Å². The number of fused-ring (bicyclic) bond motifs is 9. The van der Waals surface area contributed by atoms with Gasteiger partial charge in [-0.2, -0.15) is 0 Å². The van der Waals surface area contributed by atoms with Gasteiger partial charge in [0.15, 0.2) is 23.3 Å². The Labute approximate surface area is 328 Å². The minimum atomic E-state index is 0.576. The van der Waals surface area contributed by atoms with Gasteiger partial charge in [0.05, 0.1) is 21.5 Å². The molecule has 0 radical (unpaired) electrons. The molecule has 0 aliphatic heterocycles. The van der Waals surface area contributed by atoms with Gasteiger partial charge in [0.2, 0.25) is 0 Å². The van der Waals surface area contributed by atoms with E-state index in [0.29, 0.717) is 23.3 Å². The Morgan fingerprint density at radius 2 is 1.02 bits per heavy atom. The number of thiophene rings is 1. The lowest BCUT2D eigenvalue weighted by molar-refractivity contribution is 0.668. The van der Waals surface area contributed by atoms with E-state index in [1.165, 1.54) is 0 Å². The highest BCUT2D eigenvalue weighted by atomic mass is 32.1. The molecule has 0 saturated carbocycles. The molecule has 0 N–H and O–H groups in total. The Hall–Kier alpha value is -7.55. The number of rotatable bonds is 5. The van der Waals surface area contributed by atoms with Gasteiger partial charge in [-0.15, -0.1) is 11.3 Å². The Balaban J connectivity index is 1.06. The monoisotopic (exact) mass is 749 g/mol. The van der Waals surface area contributed by atoms with Crippen LogP contribution in [-0.4, -0.2) is 24.9 Å². The van der Waals surface area contributed by atoms with Gasteiger partial charge in [-0.05, 0) is 36.4 Å². The smallest absolute Gasteiger partial charge is 0.164 e. The molecule has 0 unspecified atom stereocenters. The molecule has 12 aromatic rings. The van der Waals surface area contributed by atoms with Gasteiger partial charge in [0.1, 0.15) is 22.3 Å². The molecule has 5 aromatic heterocycles. The SMILES string of the molecule is c1ccc(-c2nc(-c3ccccc3)nc(-c3cccc4oc5cc(-c6nc(-c7cccc8c7oc7ccccc78)nc7c6sc6ccccc67)ccc5c34)n2)cc1. The van der Waals surface area contributed by atoms with Crippen molar-refractivity contribution in [3.8, 4) is 56.8 Å². The molecule has 0 amide bonds. The van der Waals surface area contributed by atoms with E-state index in [4.69, 9.17) is 33.8 Å². The molecule has 8 heteroatoms. The summed E-state index contributed by atoms with van der Waals surface area (Å²) in [6.45, 7) is 0. The topological polar surface area (TPSA) is 90.7 Å². The van der Waals surface area contributed by atoms with Gasteiger partial charge in [-0.3, -0.25) is 0 Å². The molecule has 0 aliphatic carbocycles. The summed E-state index contributed by atoms with van der Waals surface area (Å²) < 4.78 is 15.3. The highest BCUT2D eigenvalue weighted by Gasteiger charge is 2.22. The quantitative estimate of drug-likeness (QED) is 0.173. The van der Waals surface area contributed by atoms with E-state index in [0.717, 1.165) is 97.7 Å². The zero-order valence-corrected chi connectivity index (χ0v) is 30.9. The maximum atomic E-state index is 6.66. The van der Waals surface area contributed by atoms with Crippen LogP contribution in [0.3, 0.4) is 0 Å². The first-order valence-corrected chi connectivity index (χ1v) is 19.5. The summed E-state index contributed by atoms with van der Waals surface area (Å²) in [5.74, 6) is 2.40. The maximum absolute atomic E-state index is 6.66. The van der Waals surface area contributed by atoms with E-state index in [9.17, 15) is 0 Å². The number of furan rings is 2. The lowest BCUT2D eigenvalue weighted by atomic mass is 10.0. The number of para-hydroxylation sites is 2. The molecule has 12 rings (SSSR count). The van der Waals surface area contributed by atoms with Crippen LogP contribution in [0.5, 0.6) is 0 Å². The average molecular weight is 750 g/mol. The summed E-state index contributed by atoms with van der Waals surface area (Å²) in [7, 11) is 0. The largest absolute Gasteiger partial charge is 0.456 e. The molecule has 7 aromatic carbocycles. The van der Waals surface area contributed by atoms with Gasteiger partial charge < -0.3 is 8.83 Å². The third kappa shape index (κ3) is 5.08. The van der Waals surface area contributed by atoms with Gasteiger partial charge >= 0.3 is 0 Å². The first-order valence-electron chi connectivity index (χ1n) is 18.7. The minimum absolute atomic E-state index is 0.576. The van der Waals surface area contributed by atoms with Crippen molar-refractivity contribution in [2.24, 2.45) is 0 Å². The molecule has 5 heterocycles. The second-order valence-electron chi connectivity index (χ2n) is 14.0. The van der Waals surface area contributed by atoms with Crippen LogP contribution >= 0.6 is 11.3 Å². The zero-order chi connectivity index (χ0) is 37.5. The Kier molecular flexibility index (Phi) is 6.96. The summed E-state index contributed by atoms with van der Waals surface area (Å²) in [4.78, 5) is 25.6.